The van der Waals surface area contributed by atoms with Crippen molar-refractivity contribution in [2.24, 2.45) is 11.8 Å². The fourth-order valence-electron chi connectivity index (χ4n) is 4.90. The van der Waals surface area contributed by atoms with Crippen LogP contribution >= 0.6 is 0 Å². The van der Waals surface area contributed by atoms with E-state index in [0.717, 1.165) is 22.2 Å². The number of rotatable bonds is 7. The molecule has 1 fully saturated rings. The summed E-state index contributed by atoms with van der Waals surface area (Å²) in [4.78, 5) is 53.1. The van der Waals surface area contributed by atoms with Crippen LogP contribution in [0.1, 0.15) is 28.2 Å². The monoisotopic (exact) mass is 642 g/mol. The number of amides is 3. The van der Waals surface area contributed by atoms with Crippen molar-refractivity contribution in [1.82, 2.24) is 15.4 Å². The first-order valence-corrected chi connectivity index (χ1v) is 13.8. The first kappa shape index (κ1) is 33.5. The molecule has 15 heteroatoms. The van der Waals surface area contributed by atoms with Crippen LogP contribution in [-0.4, -0.2) is 63.2 Å². The van der Waals surface area contributed by atoms with Crippen molar-refractivity contribution < 1.29 is 51.8 Å². The second-order valence-corrected chi connectivity index (χ2v) is 10.3. The van der Waals surface area contributed by atoms with E-state index in [9.17, 15) is 32.8 Å². The lowest BCUT2D eigenvalue weighted by Crippen LogP contribution is -2.51. The smallest absolute Gasteiger partial charge is 0.489 e. The Bertz CT molecular complexity index is 1690. The van der Waals surface area contributed by atoms with Gasteiger partial charge in [0.2, 0.25) is 11.8 Å². The third-order valence-electron chi connectivity index (χ3n) is 7.10. The molecule has 3 amide bonds. The summed E-state index contributed by atoms with van der Waals surface area (Å²) >= 11 is 0. The van der Waals surface area contributed by atoms with E-state index in [-0.39, 0.29) is 37.1 Å². The van der Waals surface area contributed by atoms with Crippen LogP contribution in [-0.2, 0) is 21.0 Å². The van der Waals surface area contributed by atoms with Gasteiger partial charge in [-0.2, -0.15) is 13.2 Å². The summed E-state index contributed by atoms with van der Waals surface area (Å²) in [5, 5.41) is 20.2. The van der Waals surface area contributed by atoms with E-state index in [1.54, 1.807) is 35.8 Å². The van der Waals surface area contributed by atoms with Crippen LogP contribution in [0, 0.1) is 18.8 Å². The average Bonchev–Trinajstić information content (AvgIpc) is 3.58. The Labute approximate surface area is 259 Å². The van der Waals surface area contributed by atoms with Crippen molar-refractivity contribution >= 4 is 40.3 Å². The number of furan rings is 1. The summed E-state index contributed by atoms with van der Waals surface area (Å²) in [5.41, 5.74) is 5.02. The van der Waals surface area contributed by atoms with Crippen molar-refractivity contribution in [2.75, 3.05) is 18.4 Å². The Morgan fingerprint density at radius 2 is 1.72 bits per heavy atom. The molecule has 4 N–H and O–H groups in total. The van der Waals surface area contributed by atoms with Gasteiger partial charge in [0.25, 0.3) is 5.91 Å². The van der Waals surface area contributed by atoms with E-state index >= 15 is 0 Å². The molecule has 12 nitrogen and oxygen atoms in total. The maximum Gasteiger partial charge on any atom is 0.490 e. The minimum absolute atomic E-state index is 0.0278. The number of benzene rings is 2. The lowest BCUT2D eigenvalue weighted by molar-refractivity contribution is -0.192. The molecule has 0 spiro atoms. The lowest BCUT2D eigenvalue weighted by Gasteiger charge is -2.36. The Morgan fingerprint density at radius 3 is 2.35 bits per heavy atom. The standard InChI is InChI=1S/C29H28N4O6.C2HF3O2/c1-18-15-19(22-5-2-3-6-25(22)30-18)17-39-21-10-8-20(9-11-21)31-27(34)23-12-13-33(16-24(23)28(35)32-37)29(36)26-7-4-14-38-26;3-2(4,5)1(6)7/h2-11,14-15,23-24,37H,12-13,16-17H2,1H3,(H,31,34)(H,32,35);(H,6,7)/t23-,24-;/m0./s1. The molecule has 0 saturated carbocycles. The van der Waals surface area contributed by atoms with Gasteiger partial charge >= 0.3 is 12.1 Å². The van der Waals surface area contributed by atoms with E-state index in [4.69, 9.17) is 19.1 Å². The molecular weight excluding hydrogens is 613 g/mol. The van der Waals surface area contributed by atoms with Crippen molar-refractivity contribution in [3.63, 3.8) is 0 Å². The molecule has 0 bridgehead atoms. The molecule has 1 saturated heterocycles. The number of carboxylic acids is 1. The number of nitrogens with one attached hydrogen (secondary N) is 2. The van der Waals surface area contributed by atoms with Crippen LogP contribution in [0.3, 0.4) is 0 Å². The number of pyridine rings is 1. The molecule has 1 aliphatic rings. The molecule has 46 heavy (non-hydrogen) atoms. The van der Waals surface area contributed by atoms with Crippen LogP contribution in [0.4, 0.5) is 18.9 Å². The number of aliphatic carboxylic acids is 1. The van der Waals surface area contributed by atoms with Crippen molar-refractivity contribution in [3.8, 4) is 5.75 Å². The summed E-state index contributed by atoms with van der Waals surface area (Å²) in [6.45, 7) is 2.55. The van der Waals surface area contributed by atoms with Gasteiger partial charge in [-0.15, -0.1) is 0 Å². The SMILES string of the molecule is Cc1cc(COc2ccc(NC(=O)[C@H]3CCN(C(=O)c4ccco4)C[C@@H]3C(=O)NO)cc2)c2ccccc2n1.O=C(O)C(F)(F)F. The van der Waals surface area contributed by atoms with Gasteiger partial charge in [-0.3, -0.25) is 24.6 Å². The Kier molecular flexibility index (Phi) is 10.6. The number of piperidine rings is 1. The van der Waals surface area contributed by atoms with Gasteiger partial charge in [0.1, 0.15) is 12.4 Å². The molecule has 5 rings (SSSR count). The van der Waals surface area contributed by atoms with Gasteiger partial charge in [-0.25, -0.2) is 10.3 Å². The zero-order valence-corrected chi connectivity index (χ0v) is 24.3. The number of ether oxygens (including phenoxy) is 1. The summed E-state index contributed by atoms with van der Waals surface area (Å²) in [5.74, 6) is -5.12. The van der Waals surface area contributed by atoms with Gasteiger partial charge in [0.05, 0.1) is 23.6 Å². The first-order valence-electron chi connectivity index (χ1n) is 13.8. The highest BCUT2D eigenvalue weighted by Crippen LogP contribution is 2.28. The number of carbonyl (C=O) groups is 4. The highest BCUT2D eigenvalue weighted by molar-refractivity contribution is 5.97. The van der Waals surface area contributed by atoms with Gasteiger partial charge in [-0.05, 0) is 61.9 Å². The van der Waals surface area contributed by atoms with E-state index in [1.807, 2.05) is 37.3 Å². The molecule has 0 aliphatic carbocycles. The lowest BCUT2D eigenvalue weighted by atomic mass is 9.84. The molecular formula is C31H29F3N4O8. The number of hydroxylamine groups is 1. The Hall–Kier alpha value is -5.44. The van der Waals surface area contributed by atoms with Crippen LogP contribution in [0.15, 0.2) is 77.4 Å². The second-order valence-electron chi connectivity index (χ2n) is 10.3. The van der Waals surface area contributed by atoms with Crippen LogP contribution in [0.5, 0.6) is 5.75 Å². The van der Waals surface area contributed by atoms with Gasteiger partial charge in [-0.1, -0.05) is 18.2 Å². The summed E-state index contributed by atoms with van der Waals surface area (Å²) in [6, 6.07) is 20.0. The number of para-hydroxylation sites is 1. The minimum Gasteiger partial charge on any atom is -0.489 e. The molecule has 2 aromatic heterocycles. The minimum atomic E-state index is -5.08. The molecule has 3 heterocycles. The van der Waals surface area contributed by atoms with E-state index in [1.165, 1.54) is 17.2 Å². The topological polar surface area (TPSA) is 171 Å². The number of carbonyl (C=O) groups excluding carboxylic acids is 3. The first-order chi connectivity index (χ1) is 21.9. The molecule has 0 unspecified atom stereocenters. The number of aryl methyl sites for hydroxylation is 1. The van der Waals surface area contributed by atoms with E-state index in [0.29, 0.717) is 18.0 Å². The zero-order chi connectivity index (χ0) is 33.4. The quantitative estimate of drug-likeness (QED) is 0.167. The number of carboxylic acid groups (broad SMARTS) is 1. The van der Waals surface area contributed by atoms with Gasteiger partial charge in [0, 0.05) is 35.4 Å². The fourth-order valence-corrected chi connectivity index (χ4v) is 4.90. The maximum atomic E-state index is 13.1. The average molecular weight is 643 g/mol. The Morgan fingerprint density at radius 1 is 1.02 bits per heavy atom. The largest absolute Gasteiger partial charge is 0.490 e. The number of likely N-dealkylation sites (tertiary alicyclic amines) is 1. The van der Waals surface area contributed by atoms with Gasteiger partial charge in [0.15, 0.2) is 5.76 Å². The predicted molar refractivity (Wildman–Crippen MR) is 156 cm³/mol. The Balaban J connectivity index is 0.000000617. The predicted octanol–water partition coefficient (Wildman–Crippen LogP) is 4.57. The van der Waals surface area contributed by atoms with Crippen molar-refractivity contribution in [3.05, 3.63) is 90.0 Å². The molecule has 1 aliphatic heterocycles. The zero-order valence-electron chi connectivity index (χ0n) is 24.3. The summed E-state index contributed by atoms with van der Waals surface area (Å²) < 4.78 is 42.9. The highest BCUT2D eigenvalue weighted by Gasteiger charge is 2.41. The third kappa shape index (κ3) is 8.38. The summed E-state index contributed by atoms with van der Waals surface area (Å²) in [7, 11) is 0. The van der Waals surface area contributed by atoms with Crippen LogP contribution in [0.25, 0.3) is 10.9 Å². The molecule has 0 radical (unpaired) electrons. The molecule has 2 aromatic carbocycles. The molecule has 4 aromatic rings. The van der Waals surface area contributed by atoms with Crippen LogP contribution < -0.4 is 15.5 Å². The van der Waals surface area contributed by atoms with Crippen molar-refractivity contribution in [1.29, 1.82) is 0 Å². The van der Waals surface area contributed by atoms with Crippen molar-refractivity contribution in [2.45, 2.75) is 26.1 Å². The van der Waals surface area contributed by atoms with E-state index < -0.39 is 29.9 Å². The van der Waals surface area contributed by atoms with Crippen LogP contribution in [0.2, 0.25) is 0 Å². The molecule has 242 valence electrons. The number of anilines is 1. The number of halogens is 3. The number of nitrogens with zero attached hydrogens (tertiary/aromatic N) is 2. The third-order valence-corrected chi connectivity index (χ3v) is 7.10. The molecule has 2 atom stereocenters. The normalized spacial score (nSPS) is 16.2. The number of aromatic nitrogens is 1. The number of fused-ring (bicyclic) bond motifs is 1. The number of alkyl halides is 3. The number of hydrogen-bond donors (Lipinski definition) is 4. The van der Waals surface area contributed by atoms with Gasteiger partial charge < -0.3 is 24.5 Å². The maximum absolute atomic E-state index is 13.1. The van der Waals surface area contributed by atoms with E-state index in [2.05, 4.69) is 10.3 Å². The number of hydrogen-bond acceptors (Lipinski definition) is 8. The summed E-state index contributed by atoms with van der Waals surface area (Å²) in [6.07, 6.45) is -3.44. The highest BCUT2D eigenvalue weighted by atomic mass is 19.4. The second kappa shape index (κ2) is 14.6. The fraction of sp³-hybridized carbons (Fsp3) is 0.258.